The van der Waals surface area contributed by atoms with Crippen molar-refractivity contribution in [3.05, 3.63) is 97.2 Å². The molecule has 0 fully saturated rings. The molecule has 2 atom stereocenters. The van der Waals surface area contributed by atoms with Crippen LogP contribution in [0.2, 0.25) is 0 Å². The molecule has 9 heteroatoms. The quantitative estimate of drug-likeness (QED) is 0.0214. The average Bonchev–Trinajstić information content (AvgIpc) is 3.24. The van der Waals surface area contributed by atoms with Gasteiger partial charge in [-0.1, -0.05) is 182 Å². The summed E-state index contributed by atoms with van der Waals surface area (Å²) in [4.78, 5) is 23.0. The van der Waals surface area contributed by atoms with E-state index in [-0.39, 0.29) is 25.8 Å². The molecule has 0 aliphatic rings. The third kappa shape index (κ3) is 50.3. The third-order valence-corrected chi connectivity index (χ3v) is 11.1. The van der Waals surface area contributed by atoms with E-state index in [1.54, 1.807) is 0 Å². The van der Waals surface area contributed by atoms with Gasteiger partial charge in [0, 0.05) is 13.0 Å². The summed E-state index contributed by atoms with van der Waals surface area (Å²) in [5.74, 6) is -0.341. The molecular weight excluding hydrogens is 806 g/mol. The molecule has 0 rings (SSSR count). The van der Waals surface area contributed by atoms with Gasteiger partial charge < -0.3 is 18.9 Å². The van der Waals surface area contributed by atoms with E-state index in [0.29, 0.717) is 24.1 Å². The van der Waals surface area contributed by atoms with Gasteiger partial charge in [0.2, 0.25) is 0 Å². The lowest BCUT2D eigenvalue weighted by Crippen LogP contribution is -2.37. The van der Waals surface area contributed by atoms with Gasteiger partial charge in [0.15, 0.2) is 0 Å². The van der Waals surface area contributed by atoms with E-state index in [4.69, 9.17) is 18.5 Å². The number of hydrogen-bond acceptors (Lipinski definition) is 6. The number of unbranched alkanes of at least 4 members (excludes halogenated alkanes) is 15. The van der Waals surface area contributed by atoms with Crippen molar-refractivity contribution in [2.75, 3.05) is 54.1 Å². The van der Waals surface area contributed by atoms with Crippen LogP contribution in [0.1, 0.15) is 181 Å². The molecule has 0 saturated carbocycles. The van der Waals surface area contributed by atoms with Crippen molar-refractivity contribution in [3.8, 4) is 0 Å². The van der Waals surface area contributed by atoms with Crippen LogP contribution in [0.4, 0.5) is 0 Å². The van der Waals surface area contributed by atoms with E-state index >= 15 is 0 Å². The Kier molecular flexibility index (Phi) is 44.1. The number of phosphoric acid groups is 1. The highest BCUT2D eigenvalue weighted by Gasteiger charge is 2.26. The molecule has 63 heavy (non-hydrogen) atoms. The van der Waals surface area contributed by atoms with Gasteiger partial charge in [-0.05, 0) is 89.9 Å². The molecule has 0 aliphatic heterocycles. The van der Waals surface area contributed by atoms with Crippen LogP contribution in [0.25, 0.3) is 0 Å². The Morgan fingerprint density at radius 2 is 0.873 bits per heavy atom. The van der Waals surface area contributed by atoms with Crippen molar-refractivity contribution in [2.24, 2.45) is 0 Å². The number of carbonyl (C=O) groups is 1. The molecule has 0 aromatic rings. The number of hydrogen-bond donors (Lipinski definition) is 1. The molecule has 0 aromatic heterocycles. The smallest absolute Gasteiger partial charge is 0.457 e. The zero-order valence-corrected chi connectivity index (χ0v) is 41.9. The van der Waals surface area contributed by atoms with E-state index in [1.165, 1.54) is 64.2 Å². The molecular formula is C54H95NO7P+. The van der Waals surface area contributed by atoms with Crippen LogP contribution in [0.3, 0.4) is 0 Å². The molecule has 362 valence electrons. The van der Waals surface area contributed by atoms with Crippen LogP contribution in [0, 0.1) is 0 Å². The topological polar surface area (TPSA) is 91.3 Å². The molecule has 0 aromatic carbocycles. The molecule has 0 aliphatic carbocycles. The fourth-order valence-corrected chi connectivity index (χ4v) is 7.10. The first-order chi connectivity index (χ1) is 30.6. The van der Waals surface area contributed by atoms with E-state index in [1.807, 2.05) is 21.1 Å². The molecule has 0 bridgehead atoms. The first kappa shape index (κ1) is 60.4. The first-order valence-electron chi connectivity index (χ1n) is 25.0. The third-order valence-electron chi connectivity index (χ3n) is 10.1. The van der Waals surface area contributed by atoms with Crippen LogP contribution >= 0.6 is 7.82 Å². The number of ether oxygens (including phenoxy) is 2. The van der Waals surface area contributed by atoms with E-state index < -0.39 is 13.9 Å². The summed E-state index contributed by atoms with van der Waals surface area (Å²) < 4.78 is 35.1. The molecule has 0 heterocycles. The lowest BCUT2D eigenvalue weighted by Gasteiger charge is -2.24. The summed E-state index contributed by atoms with van der Waals surface area (Å²) in [6, 6.07) is 0. The number of rotatable bonds is 45. The van der Waals surface area contributed by atoms with Crippen molar-refractivity contribution in [1.82, 2.24) is 0 Å². The highest BCUT2D eigenvalue weighted by atomic mass is 31.2. The second-order valence-electron chi connectivity index (χ2n) is 17.4. The van der Waals surface area contributed by atoms with Crippen molar-refractivity contribution in [3.63, 3.8) is 0 Å². The maximum absolute atomic E-state index is 12.7. The SMILES string of the molecule is CC/C=C\C/C=C\C/C=C\C/C=C\CCCCCCCCCCCCCOCC(COP(=O)(O)OCC[N+](C)(C)C)OC(=O)CCCCCC/C=C\C/C=C\C/C=C\C/C=C\CC. The fourth-order valence-electron chi connectivity index (χ4n) is 6.36. The van der Waals surface area contributed by atoms with E-state index in [0.717, 1.165) is 96.3 Å². The predicted molar refractivity (Wildman–Crippen MR) is 270 cm³/mol. The first-order valence-corrected chi connectivity index (χ1v) is 26.5. The summed E-state index contributed by atoms with van der Waals surface area (Å²) in [5.41, 5.74) is 0. The average molecular weight is 901 g/mol. The van der Waals surface area contributed by atoms with Crippen molar-refractivity contribution >= 4 is 13.8 Å². The van der Waals surface area contributed by atoms with E-state index in [2.05, 4.69) is 111 Å². The van der Waals surface area contributed by atoms with Gasteiger partial charge in [-0.2, -0.15) is 0 Å². The number of quaternary nitrogens is 1. The minimum atomic E-state index is -4.29. The predicted octanol–water partition coefficient (Wildman–Crippen LogP) is 15.4. The largest absolute Gasteiger partial charge is 0.472 e. The van der Waals surface area contributed by atoms with Crippen LogP contribution in [0.5, 0.6) is 0 Å². The summed E-state index contributed by atoms with van der Waals surface area (Å²) in [6.45, 7) is 5.34. The summed E-state index contributed by atoms with van der Waals surface area (Å²) in [7, 11) is 1.63. The normalized spacial score (nSPS) is 14.4. The van der Waals surface area contributed by atoms with Gasteiger partial charge in [0.25, 0.3) is 0 Å². The Balaban J connectivity index is 4.19. The number of esters is 1. The second kappa shape index (κ2) is 46.0. The molecule has 0 radical (unpaired) electrons. The number of phosphoric ester groups is 1. The number of likely N-dealkylation sites (N-methyl/N-ethyl adjacent to an activating group) is 1. The van der Waals surface area contributed by atoms with Crippen molar-refractivity contribution < 1.29 is 37.3 Å². The zero-order chi connectivity index (χ0) is 46.2. The van der Waals surface area contributed by atoms with Crippen molar-refractivity contribution in [2.45, 2.75) is 187 Å². The minimum Gasteiger partial charge on any atom is -0.457 e. The van der Waals surface area contributed by atoms with E-state index in [9.17, 15) is 14.3 Å². The van der Waals surface area contributed by atoms with Gasteiger partial charge in [0.05, 0.1) is 34.4 Å². The van der Waals surface area contributed by atoms with Gasteiger partial charge in [-0.3, -0.25) is 13.8 Å². The molecule has 0 saturated heterocycles. The lowest BCUT2D eigenvalue weighted by atomic mass is 10.1. The standard InChI is InChI=1S/C54H94NO7P/c1-6-8-10-12-14-16-18-20-22-24-25-26-27-28-29-30-32-34-36-38-40-42-44-46-49-59-51-53(52-61-63(57,58)60-50-48-55(3,4)5)62-54(56)47-45-43-41-39-37-35-33-31-23-21-19-17-15-13-11-9-7-2/h8-11,14-17,20-23,25-26,33,35,53H,6-7,12-13,18-19,24,27-32,34,36-52H2,1-5H3/p+1/b10-8-,11-9-,16-14-,17-15-,22-20-,23-21-,26-25-,35-33-. The molecule has 2 unspecified atom stereocenters. The monoisotopic (exact) mass is 901 g/mol. The lowest BCUT2D eigenvalue weighted by molar-refractivity contribution is -0.870. The molecule has 1 N–H and O–H groups in total. The van der Waals surface area contributed by atoms with Crippen LogP contribution < -0.4 is 0 Å². The summed E-state index contributed by atoms with van der Waals surface area (Å²) in [5, 5.41) is 0. The summed E-state index contributed by atoms with van der Waals surface area (Å²) >= 11 is 0. The number of carbonyl (C=O) groups excluding carboxylic acids is 1. The Bertz CT molecular complexity index is 1320. The summed E-state index contributed by atoms with van der Waals surface area (Å²) in [6.07, 6.45) is 63.1. The van der Waals surface area contributed by atoms with Crippen LogP contribution in [-0.2, 0) is 27.9 Å². The van der Waals surface area contributed by atoms with Gasteiger partial charge in [-0.15, -0.1) is 0 Å². The Morgan fingerprint density at radius 3 is 1.30 bits per heavy atom. The van der Waals surface area contributed by atoms with Gasteiger partial charge in [-0.25, -0.2) is 4.57 Å². The van der Waals surface area contributed by atoms with Crippen molar-refractivity contribution in [1.29, 1.82) is 0 Å². The Hall–Kier alpha value is -2.58. The highest BCUT2D eigenvalue weighted by molar-refractivity contribution is 7.47. The molecule has 0 spiro atoms. The maximum atomic E-state index is 12.7. The fraction of sp³-hybridized carbons (Fsp3) is 0.685. The zero-order valence-electron chi connectivity index (χ0n) is 41.0. The Labute approximate surface area is 387 Å². The number of nitrogens with zero attached hydrogens (tertiary/aromatic N) is 1. The maximum Gasteiger partial charge on any atom is 0.472 e. The molecule has 0 amide bonds. The minimum absolute atomic E-state index is 0.0777. The van der Waals surface area contributed by atoms with Gasteiger partial charge in [0.1, 0.15) is 19.3 Å². The Morgan fingerprint density at radius 1 is 0.492 bits per heavy atom. The number of allylic oxidation sites excluding steroid dienone is 16. The second-order valence-corrected chi connectivity index (χ2v) is 18.9. The van der Waals surface area contributed by atoms with Gasteiger partial charge >= 0.3 is 13.8 Å². The van der Waals surface area contributed by atoms with Crippen LogP contribution in [0.15, 0.2) is 97.2 Å². The molecule has 8 nitrogen and oxygen atoms in total. The highest BCUT2D eigenvalue weighted by Crippen LogP contribution is 2.43. The van der Waals surface area contributed by atoms with Crippen LogP contribution in [-0.4, -0.2) is 75.6 Å².